The van der Waals surface area contributed by atoms with Crippen molar-refractivity contribution in [3.05, 3.63) is 0 Å². The molecule has 6 heteroatoms. The highest BCUT2D eigenvalue weighted by molar-refractivity contribution is 5.65. The molecule has 0 amide bonds. The molecule has 2 aliphatic rings. The Morgan fingerprint density at radius 1 is 1.19 bits per heavy atom. The van der Waals surface area contributed by atoms with Crippen LogP contribution in [0.5, 0.6) is 0 Å². The molecular formula is C10H16O6. The predicted octanol–water partition coefficient (Wildman–Crippen LogP) is 0.0524. The Bertz CT molecular complexity index is 256. The highest BCUT2D eigenvalue weighted by atomic mass is 16.8. The summed E-state index contributed by atoms with van der Waals surface area (Å²) in [5.74, 6) is -0.328. The number of carbonyl (C=O) groups is 1. The van der Waals surface area contributed by atoms with Gasteiger partial charge in [-0.2, -0.15) is 0 Å². The van der Waals surface area contributed by atoms with Gasteiger partial charge in [0.25, 0.3) is 0 Å². The Hall–Kier alpha value is -0.690. The molecule has 0 radical (unpaired) electrons. The second kappa shape index (κ2) is 5.09. The van der Waals surface area contributed by atoms with Gasteiger partial charge in [0, 0.05) is 6.92 Å². The average Bonchev–Trinajstić information content (AvgIpc) is 2.82. The van der Waals surface area contributed by atoms with Crippen LogP contribution in [-0.4, -0.2) is 50.6 Å². The van der Waals surface area contributed by atoms with Crippen LogP contribution in [0.2, 0.25) is 0 Å². The molecule has 2 heterocycles. The SMILES string of the molecule is CC(=O)OCC1OCOC1C1OCOC1C. The molecule has 0 aromatic carbocycles. The van der Waals surface area contributed by atoms with E-state index in [0.29, 0.717) is 0 Å². The van der Waals surface area contributed by atoms with Gasteiger partial charge in [0.05, 0.1) is 6.10 Å². The Morgan fingerprint density at radius 3 is 2.50 bits per heavy atom. The van der Waals surface area contributed by atoms with Gasteiger partial charge in [0.15, 0.2) is 0 Å². The maximum atomic E-state index is 10.7. The second-order valence-corrected chi connectivity index (χ2v) is 3.88. The number of hydrogen-bond donors (Lipinski definition) is 0. The monoisotopic (exact) mass is 232 g/mol. The van der Waals surface area contributed by atoms with Crippen molar-refractivity contribution in [3.8, 4) is 0 Å². The Labute approximate surface area is 93.7 Å². The van der Waals surface area contributed by atoms with Crippen LogP contribution in [0.4, 0.5) is 0 Å². The van der Waals surface area contributed by atoms with Crippen molar-refractivity contribution < 1.29 is 28.5 Å². The molecule has 2 rings (SSSR count). The summed E-state index contributed by atoms with van der Waals surface area (Å²) in [6.45, 7) is 3.94. The van der Waals surface area contributed by atoms with Crippen molar-refractivity contribution in [1.82, 2.24) is 0 Å². The van der Waals surface area contributed by atoms with E-state index in [4.69, 9.17) is 23.7 Å². The van der Waals surface area contributed by atoms with E-state index in [1.54, 1.807) is 0 Å². The first-order valence-corrected chi connectivity index (χ1v) is 5.28. The first-order chi connectivity index (χ1) is 7.68. The van der Waals surface area contributed by atoms with E-state index in [0.717, 1.165) is 0 Å². The van der Waals surface area contributed by atoms with Crippen LogP contribution in [-0.2, 0) is 28.5 Å². The standard InChI is InChI=1S/C10H16O6/c1-6-9(15-4-13-6)10-8(14-5-16-10)3-12-7(2)11/h6,8-10H,3-5H2,1-2H3. The minimum atomic E-state index is -0.328. The van der Waals surface area contributed by atoms with Gasteiger partial charge in [-0.25, -0.2) is 0 Å². The normalized spacial score (nSPS) is 38.9. The molecule has 4 atom stereocenters. The third-order valence-corrected chi connectivity index (χ3v) is 2.74. The molecule has 0 bridgehead atoms. The number of carbonyl (C=O) groups excluding carboxylic acids is 1. The molecular weight excluding hydrogens is 216 g/mol. The number of esters is 1. The molecule has 0 saturated carbocycles. The van der Waals surface area contributed by atoms with Crippen LogP contribution in [0.25, 0.3) is 0 Å². The van der Waals surface area contributed by atoms with Gasteiger partial charge in [-0.05, 0) is 6.92 Å². The number of hydrogen-bond acceptors (Lipinski definition) is 6. The Kier molecular flexibility index (Phi) is 3.75. The quantitative estimate of drug-likeness (QED) is 0.641. The summed E-state index contributed by atoms with van der Waals surface area (Å²) >= 11 is 0. The van der Waals surface area contributed by atoms with Gasteiger partial charge in [0.1, 0.15) is 38.5 Å². The molecule has 0 spiro atoms. The van der Waals surface area contributed by atoms with Crippen molar-refractivity contribution in [3.63, 3.8) is 0 Å². The van der Waals surface area contributed by atoms with E-state index in [1.807, 2.05) is 6.92 Å². The molecule has 0 aliphatic carbocycles. The van der Waals surface area contributed by atoms with Crippen LogP contribution >= 0.6 is 0 Å². The molecule has 4 unspecified atom stereocenters. The van der Waals surface area contributed by atoms with Gasteiger partial charge in [-0.1, -0.05) is 0 Å². The molecule has 0 aromatic heterocycles. The van der Waals surface area contributed by atoms with Crippen LogP contribution in [0, 0.1) is 0 Å². The fraction of sp³-hybridized carbons (Fsp3) is 0.900. The molecule has 92 valence electrons. The van der Waals surface area contributed by atoms with Gasteiger partial charge in [-0.3, -0.25) is 4.79 Å². The van der Waals surface area contributed by atoms with Crippen molar-refractivity contribution >= 4 is 5.97 Å². The zero-order valence-electron chi connectivity index (χ0n) is 9.38. The summed E-state index contributed by atoms with van der Waals surface area (Å²) < 4.78 is 26.4. The highest BCUT2D eigenvalue weighted by Crippen LogP contribution is 2.25. The lowest BCUT2D eigenvalue weighted by Gasteiger charge is -2.23. The first-order valence-electron chi connectivity index (χ1n) is 5.28. The average molecular weight is 232 g/mol. The van der Waals surface area contributed by atoms with Crippen LogP contribution in [0.1, 0.15) is 13.8 Å². The predicted molar refractivity (Wildman–Crippen MR) is 51.5 cm³/mol. The molecule has 6 nitrogen and oxygen atoms in total. The third kappa shape index (κ3) is 2.52. The lowest BCUT2D eigenvalue weighted by molar-refractivity contribution is -0.145. The zero-order chi connectivity index (χ0) is 11.5. The van der Waals surface area contributed by atoms with Crippen LogP contribution in [0.3, 0.4) is 0 Å². The fourth-order valence-corrected chi connectivity index (χ4v) is 1.87. The molecule has 0 N–H and O–H groups in total. The maximum Gasteiger partial charge on any atom is 0.302 e. The lowest BCUT2D eigenvalue weighted by atomic mass is 10.0. The summed E-state index contributed by atoms with van der Waals surface area (Å²) in [7, 11) is 0. The van der Waals surface area contributed by atoms with Crippen LogP contribution in [0.15, 0.2) is 0 Å². The van der Waals surface area contributed by atoms with E-state index in [1.165, 1.54) is 6.92 Å². The second-order valence-electron chi connectivity index (χ2n) is 3.88. The summed E-state index contributed by atoms with van der Waals surface area (Å²) in [5.41, 5.74) is 0. The van der Waals surface area contributed by atoms with Crippen molar-refractivity contribution in [2.75, 3.05) is 20.2 Å². The van der Waals surface area contributed by atoms with E-state index < -0.39 is 0 Å². The fourth-order valence-electron chi connectivity index (χ4n) is 1.87. The largest absolute Gasteiger partial charge is 0.463 e. The van der Waals surface area contributed by atoms with Crippen molar-refractivity contribution in [1.29, 1.82) is 0 Å². The highest BCUT2D eigenvalue weighted by Gasteiger charge is 2.42. The van der Waals surface area contributed by atoms with E-state index >= 15 is 0 Å². The minimum absolute atomic E-state index is 0.0356. The Balaban J connectivity index is 1.89. The van der Waals surface area contributed by atoms with Crippen LogP contribution < -0.4 is 0 Å². The number of rotatable bonds is 3. The zero-order valence-corrected chi connectivity index (χ0v) is 9.38. The van der Waals surface area contributed by atoms with Crippen molar-refractivity contribution in [2.24, 2.45) is 0 Å². The molecule has 2 aliphatic heterocycles. The van der Waals surface area contributed by atoms with E-state index in [2.05, 4.69) is 0 Å². The first kappa shape index (κ1) is 11.8. The molecule has 0 aromatic rings. The molecule has 2 saturated heterocycles. The summed E-state index contributed by atoms with van der Waals surface area (Å²) in [5, 5.41) is 0. The number of ether oxygens (including phenoxy) is 5. The van der Waals surface area contributed by atoms with Gasteiger partial charge in [0.2, 0.25) is 0 Å². The molecule has 16 heavy (non-hydrogen) atoms. The lowest BCUT2D eigenvalue weighted by Crippen LogP contribution is -2.42. The van der Waals surface area contributed by atoms with Gasteiger partial charge >= 0.3 is 5.97 Å². The minimum Gasteiger partial charge on any atom is -0.463 e. The van der Waals surface area contributed by atoms with Gasteiger partial charge < -0.3 is 23.7 Å². The summed E-state index contributed by atoms with van der Waals surface area (Å²) in [6.07, 6.45) is -0.718. The smallest absolute Gasteiger partial charge is 0.302 e. The maximum absolute atomic E-state index is 10.7. The van der Waals surface area contributed by atoms with E-state index in [-0.39, 0.29) is 50.6 Å². The topological polar surface area (TPSA) is 63.2 Å². The Morgan fingerprint density at radius 2 is 1.88 bits per heavy atom. The third-order valence-electron chi connectivity index (χ3n) is 2.74. The summed E-state index contributed by atoms with van der Waals surface area (Å²) in [4.78, 5) is 10.7. The van der Waals surface area contributed by atoms with E-state index in [9.17, 15) is 4.79 Å². The summed E-state index contributed by atoms with van der Waals surface area (Å²) in [6, 6.07) is 0. The van der Waals surface area contributed by atoms with Crippen molar-refractivity contribution in [2.45, 2.75) is 38.3 Å². The van der Waals surface area contributed by atoms with Gasteiger partial charge in [-0.15, -0.1) is 0 Å². The molecule has 2 fully saturated rings.